The summed E-state index contributed by atoms with van der Waals surface area (Å²) in [5.41, 5.74) is 2.44. The quantitative estimate of drug-likeness (QED) is 0.492. The molecule has 1 heterocycles. The van der Waals surface area contributed by atoms with Gasteiger partial charge in [-0.2, -0.15) is 4.37 Å². The van der Waals surface area contributed by atoms with Crippen molar-refractivity contribution in [2.24, 2.45) is 0 Å². The summed E-state index contributed by atoms with van der Waals surface area (Å²) in [6.45, 7) is 1.94. The van der Waals surface area contributed by atoms with Crippen LogP contribution in [-0.2, 0) is 0 Å². The number of nitrogens with zero attached hydrogens (tertiary/aromatic N) is 1. The molecule has 0 unspecified atom stereocenters. The maximum Gasteiger partial charge on any atom is 0.276 e. The van der Waals surface area contributed by atoms with Crippen LogP contribution in [0.25, 0.3) is 10.1 Å². The third-order valence-electron chi connectivity index (χ3n) is 4.62. The van der Waals surface area contributed by atoms with Gasteiger partial charge in [-0.3, -0.25) is 9.59 Å². The zero-order valence-corrected chi connectivity index (χ0v) is 16.6. The van der Waals surface area contributed by atoms with Gasteiger partial charge < -0.3 is 10.6 Å². The van der Waals surface area contributed by atoms with Crippen LogP contribution in [0.3, 0.4) is 0 Å². The second kappa shape index (κ2) is 8.24. The molecule has 0 aliphatic rings. The summed E-state index contributed by atoms with van der Waals surface area (Å²) >= 11 is 1.29. The molecule has 3 aromatic carbocycles. The number of amides is 2. The van der Waals surface area contributed by atoms with Gasteiger partial charge in [0.15, 0.2) is 0 Å². The predicted octanol–water partition coefficient (Wildman–Crippen LogP) is 5.04. The van der Waals surface area contributed by atoms with E-state index in [0.29, 0.717) is 16.9 Å². The Morgan fingerprint density at radius 1 is 0.897 bits per heavy atom. The van der Waals surface area contributed by atoms with Gasteiger partial charge in [0.2, 0.25) is 0 Å². The molecule has 0 saturated heterocycles. The van der Waals surface area contributed by atoms with Gasteiger partial charge in [-0.15, -0.1) is 0 Å². The van der Waals surface area contributed by atoms with Crippen molar-refractivity contribution in [2.75, 3.05) is 5.32 Å². The van der Waals surface area contributed by atoms with E-state index >= 15 is 0 Å². The van der Waals surface area contributed by atoms with E-state index in [1.54, 1.807) is 24.3 Å². The highest BCUT2D eigenvalue weighted by molar-refractivity contribution is 7.13. The maximum atomic E-state index is 12.7. The monoisotopic (exact) mass is 401 g/mol. The molecule has 4 aromatic rings. The number of aromatic nitrogens is 1. The number of hydrogen-bond acceptors (Lipinski definition) is 4. The van der Waals surface area contributed by atoms with E-state index < -0.39 is 0 Å². The van der Waals surface area contributed by atoms with E-state index in [0.717, 1.165) is 15.6 Å². The SMILES string of the molecule is C[C@H](NC(=O)c1cccc(NC(=O)c2nsc3ccccc23)c1)c1ccccc1. The van der Waals surface area contributed by atoms with Crippen molar-refractivity contribution in [2.45, 2.75) is 13.0 Å². The zero-order chi connectivity index (χ0) is 20.2. The number of carbonyl (C=O) groups excluding carboxylic acids is 2. The Bertz CT molecular complexity index is 1170. The molecular weight excluding hydrogens is 382 g/mol. The van der Waals surface area contributed by atoms with E-state index in [2.05, 4.69) is 15.0 Å². The third kappa shape index (κ3) is 4.17. The molecule has 5 nitrogen and oxygen atoms in total. The van der Waals surface area contributed by atoms with Crippen LogP contribution in [0.1, 0.15) is 39.4 Å². The fourth-order valence-corrected chi connectivity index (χ4v) is 3.86. The first kappa shape index (κ1) is 18.8. The Kier molecular flexibility index (Phi) is 5.35. The highest BCUT2D eigenvalue weighted by Crippen LogP contribution is 2.23. The van der Waals surface area contributed by atoms with Crippen LogP contribution in [0.5, 0.6) is 0 Å². The first-order chi connectivity index (χ1) is 14.1. The first-order valence-electron chi connectivity index (χ1n) is 9.23. The molecule has 2 amide bonds. The van der Waals surface area contributed by atoms with Crippen LogP contribution in [0, 0.1) is 0 Å². The van der Waals surface area contributed by atoms with Gasteiger partial charge in [-0.05, 0) is 48.3 Å². The van der Waals surface area contributed by atoms with Crippen LogP contribution in [0.2, 0.25) is 0 Å². The summed E-state index contributed by atoms with van der Waals surface area (Å²) in [6.07, 6.45) is 0. The minimum atomic E-state index is -0.294. The molecule has 4 rings (SSSR count). The van der Waals surface area contributed by atoms with Gasteiger partial charge in [-0.25, -0.2) is 0 Å². The fourth-order valence-electron chi connectivity index (χ4n) is 3.08. The fraction of sp³-hybridized carbons (Fsp3) is 0.0870. The van der Waals surface area contributed by atoms with Gasteiger partial charge in [0.05, 0.1) is 10.7 Å². The molecule has 6 heteroatoms. The summed E-state index contributed by atoms with van der Waals surface area (Å²) in [6, 6.07) is 24.1. The Morgan fingerprint density at radius 2 is 1.66 bits per heavy atom. The van der Waals surface area contributed by atoms with Gasteiger partial charge in [0.1, 0.15) is 5.69 Å². The lowest BCUT2D eigenvalue weighted by Crippen LogP contribution is -2.26. The number of benzene rings is 3. The predicted molar refractivity (Wildman–Crippen MR) is 116 cm³/mol. The average molecular weight is 401 g/mol. The standard InChI is InChI=1S/C23H19N3O2S/c1-15(16-8-3-2-4-9-16)24-22(27)17-10-7-11-18(14-17)25-23(28)21-19-12-5-6-13-20(19)29-26-21/h2-15H,1H3,(H,24,27)(H,25,28)/t15-/m0/s1. The van der Waals surface area contributed by atoms with Crippen molar-refractivity contribution in [3.63, 3.8) is 0 Å². The molecule has 0 radical (unpaired) electrons. The van der Waals surface area contributed by atoms with E-state index in [1.807, 2.05) is 61.5 Å². The van der Waals surface area contributed by atoms with Crippen molar-refractivity contribution < 1.29 is 9.59 Å². The van der Waals surface area contributed by atoms with Crippen LogP contribution in [0.4, 0.5) is 5.69 Å². The largest absolute Gasteiger partial charge is 0.346 e. The van der Waals surface area contributed by atoms with Gasteiger partial charge in [-0.1, -0.05) is 54.6 Å². The molecular formula is C23H19N3O2S. The van der Waals surface area contributed by atoms with Gasteiger partial charge >= 0.3 is 0 Å². The van der Waals surface area contributed by atoms with Crippen molar-refractivity contribution >= 4 is 39.1 Å². The summed E-state index contributed by atoms with van der Waals surface area (Å²) in [4.78, 5) is 25.3. The number of rotatable bonds is 5. The minimum absolute atomic E-state index is 0.122. The van der Waals surface area contributed by atoms with Crippen molar-refractivity contribution in [3.8, 4) is 0 Å². The summed E-state index contributed by atoms with van der Waals surface area (Å²) in [5, 5.41) is 6.64. The second-order valence-corrected chi connectivity index (χ2v) is 7.47. The Labute approximate surface area is 172 Å². The van der Waals surface area contributed by atoms with Crippen molar-refractivity contribution in [1.82, 2.24) is 9.69 Å². The molecule has 144 valence electrons. The zero-order valence-electron chi connectivity index (χ0n) is 15.8. The first-order valence-corrected chi connectivity index (χ1v) is 10.0. The van der Waals surface area contributed by atoms with E-state index in [9.17, 15) is 9.59 Å². The van der Waals surface area contributed by atoms with Crippen molar-refractivity contribution in [1.29, 1.82) is 0 Å². The lowest BCUT2D eigenvalue weighted by atomic mass is 10.1. The van der Waals surface area contributed by atoms with E-state index in [1.165, 1.54) is 11.5 Å². The van der Waals surface area contributed by atoms with Crippen LogP contribution in [-0.4, -0.2) is 16.2 Å². The van der Waals surface area contributed by atoms with E-state index in [4.69, 9.17) is 0 Å². The summed E-state index contributed by atoms with van der Waals surface area (Å²) in [5.74, 6) is -0.491. The van der Waals surface area contributed by atoms with Crippen LogP contribution < -0.4 is 10.6 Å². The highest BCUT2D eigenvalue weighted by atomic mass is 32.1. The molecule has 1 atom stereocenters. The van der Waals surface area contributed by atoms with E-state index in [-0.39, 0.29) is 17.9 Å². The molecule has 1 aromatic heterocycles. The molecule has 0 spiro atoms. The minimum Gasteiger partial charge on any atom is -0.346 e. The molecule has 2 N–H and O–H groups in total. The van der Waals surface area contributed by atoms with Crippen molar-refractivity contribution in [3.05, 3.63) is 95.7 Å². The third-order valence-corrected chi connectivity index (χ3v) is 5.45. The average Bonchev–Trinajstić information content (AvgIpc) is 3.19. The normalized spacial score (nSPS) is 11.8. The topological polar surface area (TPSA) is 71.1 Å². The lowest BCUT2D eigenvalue weighted by Gasteiger charge is -2.14. The number of carbonyl (C=O) groups is 2. The summed E-state index contributed by atoms with van der Waals surface area (Å²) in [7, 11) is 0. The Balaban J connectivity index is 1.48. The number of nitrogens with one attached hydrogen (secondary N) is 2. The smallest absolute Gasteiger partial charge is 0.276 e. The number of anilines is 1. The van der Waals surface area contributed by atoms with Crippen LogP contribution >= 0.6 is 11.5 Å². The number of hydrogen-bond donors (Lipinski definition) is 2. The molecule has 0 bridgehead atoms. The number of fused-ring (bicyclic) bond motifs is 1. The molecule has 0 aliphatic heterocycles. The molecule has 0 saturated carbocycles. The molecule has 29 heavy (non-hydrogen) atoms. The highest BCUT2D eigenvalue weighted by Gasteiger charge is 2.16. The molecule has 0 fully saturated rings. The Hall–Kier alpha value is -3.51. The van der Waals surface area contributed by atoms with Gasteiger partial charge in [0.25, 0.3) is 11.8 Å². The second-order valence-electron chi connectivity index (χ2n) is 6.67. The lowest BCUT2D eigenvalue weighted by molar-refractivity contribution is 0.0938. The molecule has 0 aliphatic carbocycles. The maximum absolute atomic E-state index is 12.7. The Morgan fingerprint density at radius 3 is 2.48 bits per heavy atom. The van der Waals surface area contributed by atoms with Gasteiger partial charge in [0, 0.05) is 16.6 Å². The van der Waals surface area contributed by atoms with Crippen LogP contribution in [0.15, 0.2) is 78.9 Å². The summed E-state index contributed by atoms with van der Waals surface area (Å²) < 4.78 is 5.23.